The molecule has 0 heterocycles. The van der Waals surface area contributed by atoms with Crippen LogP contribution in [0.15, 0.2) is 18.2 Å². The molecule has 0 atom stereocenters. The maximum Gasteiger partial charge on any atom is 0.251 e. The van der Waals surface area contributed by atoms with Crippen LogP contribution in [0.1, 0.15) is 23.2 Å². The van der Waals surface area contributed by atoms with Crippen molar-refractivity contribution in [3.05, 3.63) is 23.8 Å². The van der Waals surface area contributed by atoms with E-state index in [2.05, 4.69) is 5.32 Å². The lowest BCUT2D eigenvalue weighted by atomic mass is 9.82. The molecule has 0 saturated heterocycles. The summed E-state index contributed by atoms with van der Waals surface area (Å²) in [6, 6.07) is 4.94. The van der Waals surface area contributed by atoms with E-state index in [-0.39, 0.29) is 12.0 Å². The number of nitrogens with two attached hydrogens (primary N) is 1. The van der Waals surface area contributed by atoms with Gasteiger partial charge in [-0.2, -0.15) is 0 Å². The molecule has 2 rings (SSSR count). The minimum absolute atomic E-state index is 0.165. The number of carbonyl (C=O) groups excluding carboxylic acids is 1. The SMILES string of the molecule is COc1cc(N)cc(C(=O)NCC2CC(O)C2)c1. The van der Waals surface area contributed by atoms with Gasteiger partial charge < -0.3 is 20.9 Å². The van der Waals surface area contributed by atoms with E-state index in [0.717, 1.165) is 12.8 Å². The molecule has 5 heteroatoms. The number of amides is 1. The second kappa shape index (κ2) is 5.27. The van der Waals surface area contributed by atoms with Gasteiger partial charge in [-0.1, -0.05) is 0 Å². The van der Waals surface area contributed by atoms with Gasteiger partial charge in [-0.25, -0.2) is 0 Å². The Hall–Kier alpha value is -1.75. The number of hydrogen-bond donors (Lipinski definition) is 3. The van der Waals surface area contributed by atoms with E-state index in [9.17, 15) is 4.79 Å². The van der Waals surface area contributed by atoms with Crippen molar-refractivity contribution < 1.29 is 14.6 Å². The molecule has 1 saturated carbocycles. The molecule has 1 aromatic rings. The molecule has 18 heavy (non-hydrogen) atoms. The smallest absolute Gasteiger partial charge is 0.251 e. The van der Waals surface area contributed by atoms with Crippen LogP contribution in [0.4, 0.5) is 5.69 Å². The highest BCUT2D eigenvalue weighted by Gasteiger charge is 2.27. The number of benzene rings is 1. The highest BCUT2D eigenvalue weighted by Crippen LogP contribution is 2.26. The van der Waals surface area contributed by atoms with Crippen LogP contribution in [0, 0.1) is 5.92 Å². The zero-order valence-corrected chi connectivity index (χ0v) is 10.3. The van der Waals surface area contributed by atoms with Crippen molar-refractivity contribution >= 4 is 11.6 Å². The normalized spacial score (nSPS) is 22.1. The number of nitrogen functional groups attached to an aromatic ring is 1. The van der Waals surface area contributed by atoms with Crippen LogP contribution in [0.25, 0.3) is 0 Å². The first-order valence-corrected chi connectivity index (χ1v) is 5.99. The first-order valence-electron chi connectivity index (χ1n) is 5.99. The van der Waals surface area contributed by atoms with Crippen molar-refractivity contribution in [1.29, 1.82) is 0 Å². The van der Waals surface area contributed by atoms with Gasteiger partial charge in [0, 0.05) is 23.9 Å². The van der Waals surface area contributed by atoms with Crippen molar-refractivity contribution in [2.24, 2.45) is 5.92 Å². The summed E-state index contributed by atoms with van der Waals surface area (Å²) in [7, 11) is 1.53. The fourth-order valence-electron chi connectivity index (χ4n) is 2.08. The highest BCUT2D eigenvalue weighted by atomic mass is 16.5. The lowest BCUT2D eigenvalue weighted by Gasteiger charge is -2.31. The molecule has 4 N–H and O–H groups in total. The van der Waals surface area contributed by atoms with Crippen LogP contribution in [-0.4, -0.2) is 30.8 Å². The summed E-state index contributed by atoms with van der Waals surface area (Å²) in [5.41, 5.74) is 6.68. The topological polar surface area (TPSA) is 84.6 Å². The molecule has 1 aliphatic rings. The summed E-state index contributed by atoms with van der Waals surface area (Å²) in [4.78, 5) is 11.9. The van der Waals surface area contributed by atoms with E-state index in [1.807, 2.05) is 0 Å². The zero-order valence-electron chi connectivity index (χ0n) is 10.3. The Bertz CT molecular complexity index is 442. The molecule has 1 aliphatic carbocycles. The average Bonchev–Trinajstić information content (AvgIpc) is 2.32. The predicted molar refractivity (Wildman–Crippen MR) is 68.5 cm³/mol. The molecule has 0 unspecified atom stereocenters. The molecule has 0 bridgehead atoms. The van der Waals surface area contributed by atoms with Crippen LogP contribution in [0.5, 0.6) is 5.75 Å². The third-order valence-electron chi connectivity index (χ3n) is 3.19. The number of anilines is 1. The van der Waals surface area contributed by atoms with Crippen LogP contribution in [0.3, 0.4) is 0 Å². The first kappa shape index (κ1) is 12.7. The Morgan fingerprint density at radius 3 is 2.83 bits per heavy atom. The second-order valence-corrected chi connectivity index (χ2v) is 4.70. The number of rotatable bonds is 4. The summed E-state index contributed by atoms with van der Waals surface area (Å²) in [6.07, 6.45) is 1.33. The van der Waals surface area contributed by atoms with Crippen LogP contribution < -0.4 is 15.8 Å². The fraction of sp³-hybridized carbons (Fsp3) is 0.462. The summed E-state index contributed by atoms with van der Waals surface area (Å²) in [5.74, 6) is 0.785. The Kier molecular flexibility index (Phi) is 3.72. The average molecular weight is 250 g/mol. The molecular weight excluding hydrogens is 232 g/mol. The van der Waals surface area contributed by atoms with Gasteiger partial charge in [0.15, 0.2) is 0 Å². The fourth-order valence-corrected chi connectivity index (χ4v) is 2.08. The van der Waals surface area contributed by atoms with Crippen LogP contribution in [0.2, 0.25) is 0 Å². The Balaban J connectivity index is 1.93. The van der Waals surface area contributed by atoms with E-state index in [0.29, 0.717) is 29.5 Å². The number of nitrogens with one attached hydrogen (secondary N) is 1. The predicted octanol–water partition coefficient (Wildman–Crippen LogP) is 0.778. The molecule has 0 radical (unpaired) electrons. The Labute approximate surface area is 106 Å². The Morgan fingerprint density at radius 1 is 1.50 bits per heavy atom. The monoisotopic (exact) mass is 250 g/mol. The lowest BCUT2D eigenvalue weighted by molar-refractivity contribution is 0.0420. The minimum atomic E-state index is -0.195. The third kappa shape index (κ3) is 2.92. The van der Waals surface area contributed by atoms with Crippen LogP contribution >= 0.6 is 0 Å². The molecule has 1 amide bonds. The number of aliphatic hydroxyl groups excluding tert-OH is 1. The number of aliphatic hydroxyl groups is 1. The quantitative estimate of drug-likeness (QED) is 0.689. The van der Waals surface area contributed by atoms with Gasteiger partial charge >= 0.3 is 0 Å². The van der Waals surface area contributed by atoms with Crippen molar-refractivity contribution in [3.8, 4) is 5.75 Å². The highest BCUT2D eigenvalue weighted by molar-refractivity contribution is 5.95. The third-order valence-corrected chi connectivity index (χ3v) is 3.19. The largest absolute Gasteiger partial charge is 0.497 e. The summed E-state index contributed by atoms with van der Waals surface area (Å²) >= 11 is 0. The van der Waals surface area contributed by atoms with E-state index in [1.54, 1.807) is 18.2 Å². The Morgan fingerprint density at radius 2 is 2.22 bits per heavy atom. The van der Waals surface area contributed by atoms with Crippen molar-refractivity contribution in [3.63, 3.8) is 0 Å². The summed E-state index contributed by atoms with van der Waals surface area (Å²) < 4.78 is 5.06. The van der Waals surface area contributed by atoms with E-state index in [4.69, 9.17) is 15.6 Å². The molecule has 0 aromatic heterocycles. The summed E-state index contributed by atoms with van der Waals surface area (Å²) in [5, 5.41) is 12.0. The maximum absolute atomic E-state index is 11.9. The van der Waals surface area contributed by atoms with Crippen molar-refractivity contribution in [1.82, 2.24) is 5.32 Å². The summed E-state index contributed by atoms with van der Waals surface area (Å²) in [6.45, 7) is 0.590. The molecule has 0 spiro atoms. The van der Waals surface area contributed by atoms with E-state index in [1.165, 1.54) is 7.11 Å². The van der Waals surface area contributed by atoms with Gasteiger partial charge in [-0.15, -0.1) is 0 Å². The first-order chi connectivity index (χ1) is 8.58. The maximum atomic E-state index is 11.9. The minimum Gasteiger partial charge on any atom is -0.497 e. The van der Waals surface area contributed by atoms with Crippen LogP contribution in [-0.2, 0) is 0 Å². The number of carbonyl (C=O) groups is 1. The van der Waals surface area contributed by atoms with Gasteiger partial charge in [0.05, 0.1) is 13.2 Å². The number of ether oxygens (including phenoxy) is 1. The molecule has 1 fully saturated rings. The molecule has 98 valence electrons. The van der Waals surface area contributed by atoms with Crippen molar-refractivity contribution in [2.45, 2.75) is 18.9 Å². The lowest BCUT2D eigenvalue weighted by Crippen LogP contribution is -2.38. The number of methoxy groups -OCH3 is 1. The molecular formula is C13H18N2O3. The molecule has 5 nitrogen and oxygen atoms in total. The van der Waals surface area contributed by atoms with Gasteiger partial charge in [-0.05, 0) is 30.9 Å². The van der Waals surface area contributed by atoms with E-state index < -0.39 is 0 Å². The number of hydrogen-bond acceptors (Lipinski definition) is 4. The van der Waals surface area contributed by atoms with Crippen molar-refractivity contribution in [2.75, 3.05) is 19.4 Å². The van der Waals surface area contributed by atoms with Gasteiger partial charge in [0.25, 0.3) is 5.91 Å². The van der Waals surface area contributed by atoms with Gasteiger partial charge in [-0.3, -0.25) is 4.79 Å². The van der Waals surface area contributed by atoms with E-state index >= 15 is 0 Å². The second-order valence-electron chi connectivity index (χ2n) is 4.70. The van der Waals surface area contributed by atoms with Gasteiger partial charge in [0.2, 0.25) is 0 Å². The molecule has 1 aromatic carbocycles. The standard InChI is InChI=1S/C13H18N2O3/c1-18-12-5-9(4-10(14)6-12)13(17)15-7-8-2-11(16)3-8/h4-6,8,11,16H,2-3,7,14H2,1H3,(H,15,17). The zero-order chi connectivity index (χ0) is 13.1. The van der Waals surface area contributed by atoms with Gasteiger partial charge in [0.1, 0.15) is 5.75 Å². The molecule has 0 aliphatic heterocycles.